The third-order valence-electron chi connectivity index (χ3n) is 2.04. The molecular formula is C10H8F3NO3. The van der Waals surface area contributed by atoms with E-state index in [0.29, 0.717) is 12.1 Å². The van der Waals surface area contributed by atoms with Crippen LogP contribution in [0.3, 0.4) is 0 Å². The van der Waals surface area contributed by atoms with Gasteiger partial charge in [-0.25, -0.2) is 4.79 Å². The van der Waals surface area contributed by atoms with Gasteiger partial charge < -0.3 is 10.4 Å². The fraction of sp³-hybridized carbons (Fsp3) is 0.200. The molecule has 0 aliphatic carbocycles. The van der Waals surface area contributed by atoms with Gasteiger partial charge >= 0.3 is 12.1 Å². The quantitative estimate of drug-likeness (QED) is 0.795. The van der Waals surface area contributed by atoms with Crippen molar-refractivity contribution in [3.8, 4) is 0 Å². The van der Waals surface area contributed by atoms with Gasteiger partial charge in [-0.05, 0) is 23.8 Å². The Hall–Kier alpha value is -2.05. The lowest BCUT2D eigenvalue weighted by atomic mass is 10.0. The Morgan fingerprint density at radius 3 is 2.53 bits per heavy atom. The van der Waals surface area contributed by atoms with Gasteiger partial charge in [-0.2, -0.15) is 13.2 Å². The van der Waals surface area contributed by atoms with Gasteiger partial charge in [0.1, 0.15) is 0 Å². The predicted octanol–water partition coefficient (Wildman–Crippen LogP) is 1.65. The molecule has 0 aliphatic rings. The van der Waals surface area contributed by atoms with E-state index >= 15 is 0 Å². The molecule has 0 bridgehead atoms. The first-order chi connectivity index (χ1) is 7.86. The van der Waals surface area contributed by atoms with Crippen molar-refractivity contribution in [3.05, 3.63) is 34.9 Å². The largest absolute Gasteiger partial charge is 0.478 e. The Bertz CT molecular complexity index is 443. The highest BCUT2D eigenvalue weighted by molar-refractivity contribution is 5.89. The first-order valence-corrected chi connectivity index (χ1v) is 4.46. The smallest absolute Gasteiger partial charge is 0.416 e. The van der Waals surface area contributed by atoms with Crippen LogP contribution in [0.15, 0.2) is 18.2 Å². The van der Waals surface area contributed by atoms with Crippen LogP contribution in [-0.2, 0) is 17.5 Å². The van der Waals surface area contributed by atoms with Gasteiger partial charge in [-0.1, -0.05) is 0 Å². The summed E-state index contributed by atoms with van der Waals surface area (Å²) in [5, 5.41) is 10.9. The van der Waals surface area contributed by atoms with Crippen molar-refractivity contribution in [3.63, 3.8) is 0 Å². The normalized spacial score (nSPS) is 11.0. The number of benzene rings is 1. The van der Waals surface area contributed by atoms with E-state index in [1.165, 1.54) is 0 Å². The maximum absolute atomic E-state index is 12.4. The number of aromatic carboxylic acids is 1. The van der Waals surface area contributed by atoms with Crippen molar-refractivity contribution < 1.29 is 27.9 Å². The summed E-state index contributed by atoms with van der Waals surface area (Å²) < 4.78 is 37.2. The van der Waals surface area contributed by atoms with Crippen molar-refractivity contribution in [2.24, 2.45) is 0 Å². The molecule has 0 saturated heterocycles. The number of nitrogens with one attached hydrogen (secondary N) is 1. The van der Waals surface area contributed by atoms with Gasteiger partial charge in [0.05, 0.1) is 11.1 Å². The molecule has 4 nitrogen and oxygen atoms in total. The van der Waals surface area contributed by atoms with E-state index in [4.69, 9.17) is 5.11 Å². The van der Waals surface area contributed by atoms with Gasteiger partial charge in [-0.15, -0.1) is 0 Å². The molecule has 7 heteroatoms. The van der Waals surface area contributed by atoms with Crippen LogP contribution in [0.2, 0.25) is 0 Å². The predicted molar refractivity (Wildman–Crippen MR) is 51.3 cm³/mol. The fourth-order valence-electron chi connectivity index (χ4n) is 1.28. The van der Waals surface area contributed by atoms with Gasteiger partial charge in [0, 0.05) is 6.54 Å². The standard InChI is InChI=1S/C10H8F3NO3/c11-10(12,13)7-1-2-8(9(16)17)6(3-7)4-14-5-15/h1-3,5H,4H2,(H,14,15)(H,16,17). The molecule has 0 fully saturated rings. The monoisotopic (exact) mass is 247 g/mol. The molecule has 0 heterocycles. The molecule has 1 rings (SSSR count). The Morgan fingerprint density at radius 2 is 2.06 bits per heavy atom. The molecule has 0 unspecified atom stereocenters. The van der Waals surface area contributed by atoms with Crippen LogP contribution in [0.1, 0.15) is 21.5 Å². The van der Waals surface area contributed by atoms with Crippen molar-refractivity contribution in [1.82, 2.24) is 5.32 Å². The van der Waals surface area contributed by atoms with E-state index in [2.05, 4.69) is 5.32 Å². The number of amides is 1. The molecule has 2 N–H and O–H groups in total. The zero-order valence-corrected chi connectivity index (χ0v) is 8.41. The molecule has 0 saturated carbocycles. The number of hydrogen-bond acceptors (Lipinski definition) is 2. The second kappa shape index (κ2) is 4.86. The molecule has 1 amide bonds. The second-order valence-corrected chi connectivity index (χ2v) is 3.17. The van der Waals surface area contributed by atoms with E-state index in [-0.39, 0.29) is 24.1 Å². The summed E-state index contributed by atoms with van der Waals surface area (Å²) in [5.41, 5.74) is -1.32. The summed E-state index contributed by atoms with van der Waals surface area (Å²) in [7, 11) is 0. The molecule has 92 valence electrons. The third-order valence-corrected chi connectivity index (χ3v) is 2.04. The average Bonchev–Trinajstić information content (AvgIpc) is 2.24. The number of halogens is 3. The second-order valence-electron chi connectivity index (χ2n) is 3.17. The zero-order chi connectivity index (χ0) is 13.1. The molecule has 0 aromatic heterocycles. The molecule has 17 heavy (non-hydrogen) atoms. The van der Waals surface area contributed by atoms with Crippen molar-refractivity contribution >= 4 is 12.4 Å². The topological polar surface area (TPSA) is 66.4 Å². The molecular weight excluding hydrogens is 239 g/mol. The van der Waals surface area contributed by atoms with Crippen molar-refractivity contribution in [2.45, 2.75) is 12.7 Å². The number of carboxylic acid groups (broad SMARTS) is 1. The summed E-state index contributed by atoms with van der Waals surface area (Å²) in [6.45, 7) is -0.269. The van der Waals surface area contributed by atoms with Crippen molar-refractivity contribution in [2.75, 3.05) is 0 Å². The van der Waals surface area contributed by atoms with Crippen LogP contribution in [0, 0.1) is 0 Å². The van der Waals surface area contributed by atoms with Crippen LogP contribution >= 0.6 is 0 Å². The number of carboxylic acids is 1. The maximum atomic E-state index is 12.4. The first-order valence-electron chi connectivity index (χ1n) is 4.46. The third kappa shape index (κ3) is 3.20. The van der Waals surface area contributed by atoms with Crippen LogP contribution in [-0.4, -0.2) is 17.5 Å². The Kier molecular flexibility index (Phi) is 3.72. The summed E-state index contributed by atoms with van der Waals surface area (Å²) >= 11 is 0. The van der Waals surface area contributed by atoms with E-state index in [1.807, 2.05) is 0 Å². The van der Waals surface area contributed by atoms with Gasteiger partial charge in [-0.3, -0.25) is 4.79 Å². The SMILES string of the molecule is O=CNCc1cc(C(F)(F)F)ccc1C(=O)O. The summed E-state index contributed by atoms with van der Waals surface area (Å²) in [5.74, 6) is -1.35. The number of carbonyl (C=O) groups excluding carboxylic acids is 1. The average molecular weight is 247 g/mol. The summed E-state index contributed by atoms with van der Waals surface area (Å²) in [6.07, 6.45) is -4.27. The van der Waals surface area contributed by atoms with Crippen LogP contribution in [0.5, 0.6) is 0 Å². The van der Waals surface area contributed by atoms with E-state index in [9.17, 15) is 22.8 Å². The van der Waals surface area contributed by atoms with Gasteiger partial charge in [0.2, 0.25) is 6.41 Å². The highest BCUT2D eigenvalue weighted by Crippen LogP contribution is 2.30. The lowest BCUT2D eigenvalue weighted by Gasteiger charge is -2.11. The first kappa shape index (κ1) is 13.0. The lowest BCUT2D eigenvalue weighted by Crippen LogP contribution is -2.15. The minimum absolute atomic E-state index is 0.0978. The molecule has 0 radical (unpaired) electrons. The van der Waals surface area contributed by atoms with Crippen LogP contribution < -0.4 is 5.32 Å². The van der Waals surface area contributed by atoms with Crippen LogP contribution in [0.25, 0.3) is 0 Å². The number of alkyl halides is 3. The number of carbonyl (C=O) groups is 2. The summed E-state index contributed by atoms with van der Waals surface area (Å²) in [4.78, 5) is 20.8. The van der Waals surface area contributed by atoms with Gasteiger partial charge in [0.15, 0.2) is 0 Å². The molecule has 0 spiro atoms. The zero-order valence-electron chi connectivity index (χ0n) is 8.41. The molecule has 0 aliphatic heterocycles. The molecule has 1 aromatic rings. The number of hydrogen-bond donors (Lipinski definition) is 2. The summed E-state index contributed by atoms with van der Waals surface area (Å²) in [6, 6.07) is 2.26. The lowest BCUT2D eigenvalue weighted by molar-refractivity contribution is -0.137. The fourth-order valence-corrected chi connectivity index (χ4v) is 1.28. The maximum Gasteiger partial charge on any atom is 0.416 e. The highest BCUT2D eigenvalue weighted by Gasteiger charge is 2.31. The van der Waals surface area contributed by atoms with E-state index < -0.39 is 17.7 Å². The van der Waals surface area contributed by atoms with Crippen LogP contribution in [0.4, 0.5) is 13.2 Å². The molecule has 1 aromatic carbocycles. The minimum atomic E-state index is -4.55. The number of rotatable bonds is 4. The van der Waals surface area contributed by atoms with E-state index in [1.54, 1.807) is 0 Å². The Labute approximate surface area is 94.1 Å². The van der Waals surface area contributed by atoms with E-state index in [0.717, 1.165) is 6.07 Å². The van der Waals surface area contributed by atoms with Crippen molar-refractivity contribution in [1.29, 1.82) is 0 Å². The highest BCUT2D eigenvalue weighted by atomic mass is 19.4. The Balaban J connectivity index is 3.19. The minimum Gasteiger partial charge on any atom is -0.478 e. The molecule has 0 atom stereocenters. The Morgan fingerprint density at radius 1 is 1.41 bits per heavy atom. The van der Waals surface area contributed by atoms with Gasteiger partial charge in [0.25, 0.3) is 0 Å².